The normalized spacial score (nSPS) is 9.79. The molecule has 0 saturated heterocycles. The highest BCUT2D eigenvalue weighted by Gasteiger charge is 2.00. The smallest absolute Gasteiger partial charge is 0.221 e. The molecule has 0 aromatic carbocycles. The Morgan fingerprint density at radius 2 is 2.43 bits per heavy atom. The van der Waals surface area contributed by atoms with E-state index in [1.54, 1.807) is 0 Å². The van der Waals surface area contributed by atoms with Gasteiger partial charge in [0.25, 0.3) is 0 Å². The first-order valence-electron chi connectivity index (χ1n) is 4.60. The number of carbonyl (C=O) groups is 1. The summed E-state index contributed by atoms with van der Waals surface area (Å²) in [4.78, 5) is 15.1. The maximum Gasteiger partial charge on any atom is 0.221 e. The monoisotopic (exact) mass is 214 g/mol. The van der Waals surface area contributed by atoms with Gasteiger partial charge in [-0.05, 0) is 6.42 Å². The van der Waals surface area contributed by atoms with E-state index in [2.05, 4.69) is 20.0 Å². The summed E-state index contributed by atoms with van der Waals surface area (Å²) in [7, 11) is 0. The average Bonchev–Trinajstić information content (AvgIpc) is 2.67. The molecule has 6 heteroatoms. The van der Waals surface area contributed by atoms with Gasteiger partial charge in [-0.15, -0.1) is 0 Å². The molecule has 0 saturated carbocycles. The average molecular weight is 214 g/mol. The van der Waals surface area contributed by atoms with Crippen molar-refractivity contribution in [3.05, 3.63) is 6.33 Å². The molecule has 0 aliphatic carbocycles. The molecule has 2 N–H and O–H groups in total. The number of nitrogens with one attached hydrogen (secondary N) is 2. The Hall–Kier alpha value is -1.17. The van der Waals surface area contributed by atoms with Gasteiger partial charge in [0.1, 0.15) is 6.33 Å². The second kappa shape index (κ2) is 6.31. The number of hydrogen-bond donors (Lipinski definition) is 2. The minimum Gasteiger partial charge on any atom is -0.360 e. The molecule has 0 unspecified atom stereocenters. The topological polar surface area (TPSA) is 66.9 Å². The number of aromatic nitrogens is 2. The molecule has 1 amide bonds. The van der Waals surface area contributed by atoms with Crippen LogP contribution in [0.3, 0.4) is 0 Å². The third kappa shape index (κ3) is 4.18. The number of hydrogen-bond acceptors (Lipinski definition) is 5. The number of anilines is 1. The van der Waals surface area contributed by atoms with Crippen LogP contribution >= 0.6 is 11.5 Å². The lowest BCUT2D eigenvalue weighted by Crippen LogP contribution is -2.25. The van der Waals surface area contributed by atoms with E-state index in [-0.39, 0.29) is 5.91 Å². The molecule has 0 aliphatic heterocycles. The summed E-state index contributed by atoms with van der Waals surface area (Å²) < 4.78 is 3.84. The van der Waals surface area contributed by atoms with Crippen LogP contribution in [0.4, 0.5) is 5.13 Å². The van der Waals surface area contributed by atoms with Crippen LogP contribution in [0.2, 0.25) is 0 Å². The van der Waals surface area contributed by atoms with Crippen molar-refractivity contribution in [2.24, 2.45) is 0 Å². The molecule has 1 heterocycles. The van der Waals surface area contributed by atoms with Gasteiger partial charge in [-0.3, -0.25) is 4.79 Å². The SMILES string of the molecule is CCCNC(=O)CCNc1ncns1. The van der Waals surface area contributed by atoms with Gasteiger partial charge in [0, 0.05) is 31.0 Å². The fourth-order valence-electron chi connectivity index (χ4n) is 0.887. The molecular weight excluding hydrogens is 200 g/mol. The van der Waals surface area contributed by atoms with Crippen LogP contribution < -0.4 is 10.6 Å². The molecule has 0 spiro atoms. The Balaban J connectivity index is 2.06. The number of carbonyl (C=O) groups excluding carboxylic acids is 1. The van der Waals surface area contributed by atoms with Gasteiger partial charge in [0.15, 0.2) is 0 Å². The first kappa shape index (κ1) is 10.9. The fraction of sp³-hybridized carbons (Fsp3) is 0.625. The van der Waals surface area contributed by atoms with E-state index in [9.17, 15) is 4.79 Å². The summed E-state index contributed by atoms with van der Waals surface area (Å²) in [5.74, 6) is 0.0730. The molecule has 5 nitrogen and oxygen atoms in total. The van der Waals surface area contributed by atoms with Crippen LogP contribution in [0.25, 0.3) is 0 Å². The van der Waals surface area contributed by atoms with Crippen molar-refractivity contribution in [1.29, 1.82) is 0 Å². The van der Waals surface area contributed by atoms with Crippen LogP contribution in [0.15, 0.2) is 6.33 Å². The lowest BCUT2D eigenvalue weighted by atomic mass is 10.4. The van der Waals surface area contributed by atoms with Gasteiger partial charge < -0.3 is 10.6 Å². The Morgan fingerprint density at radius 3 is 3.07 bits per heavy atom. The molecule has 78 valence electrons. The van der Waals surface area contributed by atoms with Crippen LogP contribution in [0, 0.1) is 0 Å². The van der Waals surface area contributed by atoms with Gasteiger partial charge >= 0.3 is 0 Å². The standard InChI is InChI=1S/C8H14N4OS/c1-2-4-9-7(13)3-5-10-8-11-6-12-14-8/h6H,2-5H2,1H3,(H,9,13)(H,10,11,12). The molecule has 0 aliphatic rings. The van der Waals surface area contributed by atoms with E-state index < -0.39 is 0 Å². The third-order valence-electron chi connectivity index (χ3n) is 1.56. The summed E-state index contributed by atoms with van der Waals surface area (Å²) in [6.07, 6.45) is 2.93. The van der Waals surface area contributed by atoms with Crippen molar-refractivity contribution in [2.45, 2.75) is 19.8 Å². The molecule has 1 rings (SSSR count). The quantitative estimate of drug-likeness (QED) is 0.737. The van der Waals surface area contributed by atoms with Crippen molar-refractivity contribution in [3.8, 4) is 0 Å². The number of rotatable bonds is 6. The maximum absolute atomic E-state index is 11.1. The molecule has 0 bridgehead atoms. The molecule has 0 fully saturated rings. The van der Waals surface area contributed by atoms with Gasteiger partial charge in [-0.2, -0.15) is 4.37 Å². The second-order valence-electron chi connectivity index (χ2n) is 2.77. The highest BCUT2D eigenvalue weighted by atomic mass is 32.1. The van der Waals surface area contributed by atoms with Gasteiger partial charge in [0.2, 0.25) is 11.0 Å². The fourth-order valence-corrected chi connectivity index (χ4v) is 1.34. The van der Waals surface area contributed by atoms with Crippen molar-refractivity contribution in [2.75, 3.05) is 18.4 Å². The zero-order valence-electron chi connectivity index (χ0n) is 8.12. The van der Waals surface area contributed by atoms with Crippen molar-refractivity contribution in [1.82, 2.24) is 14.7 Å². The largest absolute Gasteiger partial charge is 0.360 e. The van der Waals surface area contributed by atoms with Gasteiger partial charge in [-0.25, -0.2) is 4.98 Å². The van der Waals surface area contributed by atoms with Crippen LogP contribution in [-0.2, 0) is 4.79 Å². The molecule has 0 atom stereocenters. The first-order chi connectivity index (χ1) is 6.83. The summed E-state index contributed by atoms with van der Waals surface area (Å²) in [6.45, 7) is 3.38. The molecule has 1 aromatic heterocycles. The first-order valence-corrected chi connectivity index (χ1v) is 5.37. The van der Waals surface area contributed by atoms with E-state index in [4.69, 9.17) is 0 Å². The summed E-state index contributed by atoms with van der Waals surface area (Å²) in [5.41, 5.74) is 0. The van der Waals surface area contributed by atoms with Gasteiger partial charge in [0.05, 0.1) is 0 Å². The van der Waals surface area contributed by atoms with E-state index in [0.717, 1.165) is 18.1 Å². The molecule has 14 heavy (non-hydrogen) atoms. The highest BCUT2D eigenvalue weighted by Crippen LogP contribution is 2.05. The van der Waals surface area contributed by atoms with Crippen LogP contribution in [0.1, 0.15) is 19.8 Å². The number of nitrogens with zero attached hydrogens (tertiary/aromatic N) is 2. The minimum atomic E-state index is 0.0730. The highest BCUT2D eigenvalue weighted by molar-refractivity contribution is 7.09. The van der Waals surface area contributed by atoms with E-state index in [0.29, 0.717) is 13.0 Å². The van der Waals surface area contributed by atoms with E-state index in [1.165, 1.54) is 17.9 Å². The Labute approximate surface area is 87.1 Å². The molecule has 0 radical (unpaired) electrons. The van der Waals surface area contributed by atoms with Gasteiger partial charge in [-0.1, -0.05) is 6.92 Å². The predicted octanol–water partition coefficient (Wildman–Crippen LogP) is 0.866. The molecule has 1 aromatic rings. The Bertz CT molecular complexity index is 262. The van der Waals surface area contributed by atoms with Crippen molar-refractivity contribution < 1.29 is 4.79 Å². The van der Waals surface area contributed by atoms with Crippen LogP contribution in [-0.4, -0.2) is 28.4 Å². The summed E-state index contributed by atoms with van der Waals surface area (Å²) >= 11 is 1.29. The maximum atomic E-state index is 11.1. The lowest BCUT2D eigenvalue weighted by Gasteiger charge is -2.03. The second-order valence-corrected chi connectivity index (χ2v) is 3.55. The summed E-state index contributed by atoms with van der Waals surface area (Å²) in [6, 6.07) is 0. The van der Waals surface area contributed by atoms with E-state index >= 15 is 0 Å². The Kier molecular flexibility index (Phi) is 4.92. The van der Waals surface area contributed by atoms with Crippen molar-refractivity contribution in [3.63, 3.8) is 0 Å². The lowest BCUT2D eigenvalue weighted by molar-refractivity contribution is -0.120. The van der Waals surface area contributed by atoms with E-state index in [1.807, 2.05) is 6.92 Å². The predicted molar refractivity (Wildman–Crippen MR) is 56.3 cm³/mol. The zero-order chi connectivity index (χ0) is 10.2. The molecular formula is C8H14N4OS. The van der Waals surface area contributed by atoms with Crippen molar-refractivity contribution >= 4 is 22.6 Å². The number of amides is 1. The summed E-state index contributed by atoms with van der Waals surface area (Å²) in [5, 5.41) is 6.57. The minimum absolute atomic E-state index is 0.0730. The zero-order valence-corrected chi connectivity index (χ0v) is 8.93. The Morgan fingerprint density at radius 1 is 1.57 bits per heavy atom. The van der Waals surface area contributed by atoms with Crippen LogP contribution in [0.5, 0.6) is 0 Å². The third-order valence-corrected chi connectivity index (χ3v) is 2.18.